The highest BCUT2D eigenvalue weighted by Crippen LogP contribution is 2.21. The molecular weight excluding hydrogens is 438 g/mol. The average molecular weight is 465 g/mol. The fraction of sp³-hybridized carbons (Fsp3) is 0.450. The van der Waals surface area contributed by atoms with E-state index in [1.807, 2.05) is 0 Å². The summed E-state index contributed by atoms with van der Waals surface area (Å²) in [5.74, 6) is -4.43. The largest absolute Gasteiger partial charge is 0.480 e. The van der Waals surface area contributed by atoms with E-state index in [0.29, 0.717) is 11.4 Å². The van der Waals surface area contributed by atoms with E-state index < -0.39 is 42.8 Å². The van der Waals surface area contributed by atoms with E-state index >= 15 is 0 Å². The summed E-state index contributed by atoms with van der Waals surface area (Å²) in [7, 11) is 0. The van der Waals surface area contributed by atoms with Crippen molar-refractivity contribution in [1.29, 1.82) is 0 Å². The number of hydrogen-bond acceptors (Lipinski definition) is 8. The number of nitrogens with one attached hydrogen (secondary N) is 2. The van der Waals surface area contributed by atoms with Crippen molar-refractivity contribution in [2.75, 3.05) is 69.5 Å². The lowest BCUT2D eigenvalue weighted by molar-refractivity contribution is -0.140. The first-order valence-electron chi connectivity index (χ1n) is 10.1. The SMILES string of the molecule is O=C(O)CN1CCN(CC(=O)O)CC(=O)Nc2ccccc2NC(=O)CN(CC(=O)O)CC1. The Balaban J connectivity index is 2.31. The summed E-state index contributed by atoms with van der Waals surface area (Å²) >= 11 is 0. The van der Waals surface area contributed by atoms with Gasteiger partial charge < -0.3 is 26.0 Å². The Hall–Kier alpha value is -3.55. The number of anilines is 2. The van der Waals surface area contributed by atoms with E-state index in [1.54, 1.807) is 24.3 Å². The van der Waals surface area contributed by atoms with Crippen LogP contribution in [-0.2, 0) is 24.0 Å². The number of carbonyl (C=O) groups excluding carboxylic acids is 2. The Morgan fingerprint density at radius 3 is 1.36 bits per heavy atom. The molecule has 0 saturated heterocycles. The molecule has 1 aromatic rings. The van der Waals surface area contributed by atoms with Crippen LogP contribution in [-0.4, -0.2) is 119 Å². The predicted molar refractivity (Wildman–Crippen MR) is 116 cm³/mol. The van der Waals surface area contributed by atoms with Crippen molar-refractivity contribution in [2.45, 2.75) is 0 Å². The minimum atomic E-state index is -1.15. The van der Waals surface area contributed by atoms with E-state index in [2.05, 4.69) is 10.6 Å². The minimum absolute atomic E-state index is 0.0881. The van der Waals surface area contributed by atoms with Crippen molar-refractivity contribution in [3.63, 3.8) is 0 Å². The van der Waals surface area contributed by atoms with Gasteiger partial charge in [0.25, 0.3) is 0 Å². The Morgan fingerprint density at radius 2 is 1.00 bits per heavy atom. The van der Waals surface area contributed by atoms with Crippen LogP contribution in [0.5, 0.6) is 0 Å². The molecule has 13 nitrogen and oxygen atoms in total. The Kier molecular flexibility index (Phi) is 9.72. The summed E-state index contributed by atoms with van der Waals surface area (Å²) in [6.45, 7) is -1.34. The Morgan fingerprint density at radius 1 is 0.667 bits per heavy atom. The number of carbonyl (C=O) groups is 5. The number of hydrogen-bond donors (Lipinski definition) is 5. The van der Waals surface area contributed by atoms with Crippen molar-refractivity contribution >= 4 is 41.1 Å². The van der Waals surface area contributed by atoms with Crippen LogP contribution in [0, 0.1) is 0 Å². The van der Waals surface area contributed by atoms with E-state index in [9.17, 15) is 39.3 Å². The molecule has 2 amide bonds. The summed E-state index contributed by atoms with van der Waals surface area (Å²) in [5, 5.41) is 32.8. The van der Waals surface area contributed by atoms with Crippen LogP contribution >= 0.6 is 0 Å². The molecule has 2 rings (SSSR count). The molecular formula is C20H27N5O8. The highest BCUT2D eigenvalue weighted by atomic mass is 16.4. The van der Waals surface area contributed by atoms with Crippen LogP contribution in [0.2, 0.25) is 0 Å². The van der Waals surface area contributed by atoms with Gasteiger partial charge in [0.05, 0.1) is 44.1 Å². The van der Waals surface area contributed by atoms with Gasteiger partial charge in [-0.15, -0.1) is 0 Å². The standard InChI is InChI=1S/C20H27N5O8/c26-16-9-24(12-19(30)31)7-5-23(11-18(28)29)6-8-25(13-20(32)33)10-17(27)22-15-4-2-1-3-14(15)21-16/h1-4H,5-13H2,(H,21,26)(H,22,27)(H,28,29)(H,30,31)(H,32,33). The van der Waals surface area contributed by atoms with Crippen LogP contribution in [0.1, 0.15) is 0 Å². The van der Waals surface area contributed by atoms with E-state index in [4.69, 9.17) is 0 Å². The summed E-state index contributed by atoms with van der Waals surface area (Å²) in [6.07, 6.45) is 0. The number of benzene rings is 1. The van der Waals surface area contributed by atoms with Crippen molar-refractivity contribution < 1.29 is 39.3 Å². The maximum absolute atomic E-state index is 12.5. The molecule has 0 radical (unpaired) electrons. The third-order valence-electron chi connectivity index (χ3n) is 4.75. The molecule has 0 fully saturated rings. The molecule has 0 atom stereocenters. The summed E-state index contributed by atoms with van der Waals surface area (Å²) in [4.78, 5) is 63.1. The van der Waals surface area contributed by atoms with Crippen molar-refractivity contribution in [3.05, 3.63) is 24.3 Å². The number of nitrogens with zero attached hydrogens (tertiary/aromatic N) is 3. The predicted octanol–water partition coefficient (Wildman–Crippen LogP) is -1.26. The van der Waals surface area contributed by atoms with Gasteiger partial charge in [-0.25, -0.2) is 0 Å². The number of carboxylic acids is 3. The molecule has 0 aliphatic carbocycles. The Bertz CT molecular complexity index is 830. The van der Waals surface area contributed by atoms with Gasteiger partial charge in [0, 0.05) is 26.2 Å². The van der Waals surface area contributed by atoms with E-state index in [1.165, 1.54) is 14.7 Å². The fourth-order valence-corrected chi connectivity index (χ4v) is 3.32. The maximum atomic E-state index is 12.5. The van der Waals surface area contributed by atoms with Crippen molar-refractivity contribution in [3.8, 4) is 0 Å². The second kappa shape index (κ2) is 12.5. The molecule has 180 valence electrons. The van der Waals surface area contributed by atoms with E-state index in [-0.39, 0.29) is 45.8 Å². The highest BCUT2D eigenvalue weighted by Gasteiger charge is 2.21. The monoisotopic (exact) mass is 465 g/mol. The van der Waals surface area contributed by atoms with Crippen LogP contribution in [0.4, 0.5) is 11.4 Å². The topological polar surface area (TPSA) is 180 Å². The minimum Gasteiger partial charge on any atom is -0.480 e. The quantitative estimate of drug-likeness (QED) is 0.338. The van der Waals surface area contributed by atoms with Crippen LogP contribution in [0.25, 0.3) is 0 Å². The van der Waals surface area contributed by atoms with E-state index in [0.717, 1.165) is 0 Å². The Labute approximate surface area is 189 Å². The van der Waals surface area contributed by atoms with Gasteiger partial charge in [-0.05, 0) is 12.1 Å². The summed E-state index contributed by atoms with van der Waals surface area (Å²) in [5.41, 5.74) is 0.608. The number of amides is 2. The van der Waals surface area contributed by atoms with Crippen molar-refractivity contribution in [1.82, 2.24) is 14.7 Å². The van der Waals surface area contributed by atoms with Gasteiger partial charge >= 0.3 is 17.9 Å². The van der Waals surface area contributed by atoms with Gasteiger partial charge in [-0.3, -0.25) is 38.7 Å². The smallest absolute Gasteiger partial charge is 0.317 e. The lowest BCUT2D eigenvalue weighted by Crippen LogP contribution is -2.46. The average Bonchev–Trinajstić information content (AvgIpc) is 2.69. The molecule has 1 aromatic carbocycles. The highest BCUT2D eigenvalue weighted by molar-refractivity contribution is 6.00. The third-order valence-corrected chi connectivity index (χ3v) is 4.75. The first-order chi connectivity index (χ1) is 15.6. The number of carboxylic acid groups (broad SMARTS) is 3. The molecule has 0 unspecified atom stereocenters. The second-order valence-corrected chi connectivity index (χ2v) is 7.52. The molecule has 0 bridgehead atoms. The second-order valence-electron chi connectivity index (χ2n) is 7.52. The number of rotatable bonds is 6. The van der Waals surface area contributed by atoms with Gasteiger partial charge in [-0.1, -0.05) is 12.1 Å². The number of para-hydroxylation sites is 2. The lowest BCUT2D eigenvalue weighted by Gasteiger charge is -2.27. The van der Waals surface area contributed by atoms with Gasteiger partial charge in [-0.2, -0.15) is 0 Å². The number of fused-ring (bicyclic) bond motifs is 1. The summed E-state index contributed by atoms with van der Waals surface area (Å²) < 4.78 is 0. The third kappa shape index (κ3) is 9.64. The van der Waals surface area contributed by atoms with Crippen LogP contribution in [0.15, 0.2) is 24.3 Å². The van der Waals surface area contributed by atoms with Crippen LogP contribution in [0.3, 0.4) is 0 Å². The molecule has 13 heteroatoms. The molecule has 5 N–H and O–H groups in total. The van der Waals surface area contributed by atoms with Gasteiger partial charge in [0.1, 0.15) is 0 Å². The fourth-order valence-electron chi connectivity index (χ4n) is 3.32. The first kappa shape index (κ1) is 25.7. The zero-order valence-corrected chi connectivity index (χ0v) is 17.9. The zero-order valence-electron chi connectivity index (χ0n) is 17.9. The first-order valence-corrected chi connectivity index (χ1v) is 10.1. The molecule has 1 heterocycles. The summed E-state index contributed by atoms with van der Waals surface area (Å²) in [6, 6.07) is 6.43. The van der Waals surface area contributed by atoms with Gasteiger partial charge in [0.15, 0.2) is 0 Å². The molecule has 0 aromatic heterocycles. The van der Waals surface area contributed by atoms with Gasteiger partial charge in [0.2, 0.25) is 11.8 Å². The molecule has 0 saturated carbocycles. The maximum Gasteiger partial charge on any atom is 0.317 e. The molecule has 1 aliphatic heterocycles. The van der Waals surface area contributed by atoms with Crippen LogP contribution < -0.4 is 10.6 Å². The molecule has 1 aliphatic rings. The normalized spacial score (nSPS) is 17.7. The number of aliphatic carboxylic acids is 3. The lowest BCUT2D eigenvalue weighted by atomic mass is 10.2. The molecule has 33 heavy (non-hydrogen) atoms. The molecule has 0 spiro atoms. The van der Waals surface area contributed by atoms with Crippen molar-refractivity contribution in [2.24, 2.45) is 0 Å². The zero-order chi connectivity index (χ0) is 24.4.